The molecule has 3 aliphatic rings. The van der Waals surface area contributed by atoms with Crippen molar-refractivity contribution in [1.29, 1.82) is 0 Å². The number of carbonyl (C=O) groups is 2. The molecule has 0 bridgehead atoms. The first-order chi connectivity index (χ1) is 9.58. The van der Waals surface area contributed by atoms with Crippen LogP contribution in [0, 0.1) is 16.7 Å². The lowest BCUT2D eigenvalue weighted by atomic mass is 9.80. The van der Waals surface area contributed by atoms with Gasteiger partial charge in [0, 0.05) is 25.7 Å². The van der Waals surface area contributed by atoms with Crippen LogP contribution in [0.4, 0.5) is 0 Å². The number of carboxylic acids is 1. The Morgan fingerprint density at radius 3 is 2.40 bits per heavy atom. The van der Waals surface area contributed by atoms with Crippen LogP contribution < -0.4 is 5.32 Å². The predicted octanol–water partition coefficient (Wildman–Crippen LogP) is 1.56. The fourth-order valence-corrected chi connectivity index (χ4v) is 3.96. The summed E-state index contributed by atoms with van der Waals surface area (Å²) in [7, 11) is 0. The molecular formula is C15H23NO4. The fourth-order valence-electron chi connectivity index (χ4n) is 3.96. The van der Waals surface area contributed by atoms with Gasteiger partial charge in [-0.3, -0.25) is 9.59 Å². The third kappa shape index (κ3) is 2.32. The van der Waals surface area contributed by atoms with Gasteiger partial charge in [-0.2, -0.15) is 0 Å². The molecule has 2 N–H and O–H groups in total. The second-order valence-corrected chi connectivity index (χ2v) is 6.74. The Bertz CT molecular complexity index is 408. The summed E-state index contributed by atoms with van der Waals surface area (Å²) in [5, 5.41) is 12.4. The van der Waals surface area contributed by atoms with Gasteiger partial charge in [0.1, 0.15) is 0 Å². The summed E-state index contributed by atoms with van der Waals surface area (Å²) in [6.45, 7) is 1.18. The molecule has 112 valence electrons. The van der Waals surface area contributed by atoms with Gasteiger partial charge in [-0.1, -0.05) is 12.8 Å². The van der Waals surface area contributed by atoms with Crippen molar-refractivity contribution in [2.24, 2.45) is 16.7 Å². The average Bonchev–Trinajstić information content (AvgIpc) is 2.94. The van der Waals surface area contributed by atoms with E-state index in [0.29, 0.717) is 26.1 Å². The van der Waals surface area contributed by atoms with E-state index in [1.54, 1.807) is 0 Å². The normalized spacial score (nSPS) is 30.1. The first kappa shape index (κ1) is 13.9. The van der Waals surface area contributed by atoms with Gasteiger partial charge in [0.05, 0.1) is 5.41 Å². The number of carbonyl (C=O) groups excluding carboxylic acids is 1. The molecule has 2 saturated carbocycles. The predicted molar refractivity (Wildman–Crippen MR) is 72.1 cm³/mol. The SMILES string of the molecule is O=C(NCC1(C(=O)O)CCOCC1)C1CC12CCCC2. The first-order valence-corrected chi connectivity index (χ1v) is 7.67. The number of ether oxygens (including phenoxy) is 1. The average molecular weight is 281 g/mol. The summed E-state index contributed by atoms with van der Waals surface area (Å²) in [6, 6.07) is 0. The molecule has 1 saturated heterocycles. The van der Waals surface area contributed by atoms with Crippen LogP contribution in [0.15, 0.2) is 0 Å². The molecule has 1 aliphatic heterocycles. The van der Waals surface area contributed by atoms with E-state index in [1.807, 2.05) is 0 Å². The highest BCUT2D eigenvalue weighted by Gasteiger charge is 2.58. The zero-order chi connectivity index (χ0) is 14.2. The van der Waals surface area contributed by atoms with Crippen molar-refractivity contribution in [3.8, 4) is 0 Å². The summed E-state index contributed by atoms with van der Waals surface area (Å²) < 4.78 is 5.24. The summed E-state index contributed by atoms with van der Waals surface area (Å²) in [5.41, 5.74) is -0.554. The highest BCUT2D eigenvalue weighted by atomic mass is 16.5. The minimum Gasteiger partial charge on any atom is -0.481 e. The van der Waals surface area contributed by atoms with Crippen LogP contribution in [0.1, 0.15) is 44.9 Å². The van der Waals surface area contributed by atoms with Crippen molar-refractivity contribution in [3.05, 3.63) is 0 Å². The topological polar surface area (TPSA) is 75.6 Å². The van der Waals surface area contributed by atoms with Gasteiger partial charge < -0.3 is 15.2 Å². The van der Waals surface area contributed by atoms with E-state index in [4.69, 9.17) is 4.74 Å². The van der Waals surface area contributed by atoms with E-state index >= 15 is 0 Å². The molecule has 1 heterocycles. The Hall–Kier alpha value is -1.10. The molecule has 1 spiro atoms. The van der Waals surface area contributed by atoms with Crippen molar-refractivity contribution in [2.45, 2.75) is 44.9 Å². The molecule has 20 heavy (non-hydrogen) atoms. The van der Waals surface area contributed by atoms with Crippen LogP contribution in [-0.4, -0.2) is 36.7 Å². The maximum absolute atomic E-state index is 12.2. The van der Waals surface area contributed by atoms with Crippen LogP contribution in [0.25, 0.3) is 0 Å². The Morgan fingerprint density at radius 2 is 1.80 bits per heavy atom. The molecule has 0 radical (unpaired) electrons. The number of rotatable bonds is 4. The molecule has 1 amide bonds. The summed E-state index contributed by atoms with van der Waals surface area (Å²) in [4.78, 5) is 23.8. The van der Waals surface area contributed by atoms with Crippen LogP contribution in [0.5, 0.6) is 0 Å². The van der Waals surface area contributed by atoms with Gasteiger partial charge in [0.2, 0.25) is 5.91 Å². The van der Waals surface area contributed by atoms with Crippen LogP contribution in [-0.2, 0) is 14.3 Å². The molecule has 0 aromatic rings. The second kappa shape index (κ2) is 5.02. The Morgan fingerprint density at radius 1 is 1.15 bits per heavy atom. The van der Waals surface area contributed by atoms with Crippen LogP contribution in [0.3, 0.4) is 0 Å². The molecule has 1 unspecified atom stereocenters. The quantitative estimate of drug-likeness (QED) is 0.820. The van der Waals surface area contributed by atoms with Crippen LogP contribution >= 0.6 is 0 Å². The van der Waals surface area contributed by atoms with Crippen molar-refractivity contribution in [3.63, 3.8) is 0 Å². The lowest BCUT2D eigenvalue weighted by molar-refractivity contribution is -0.154. The number of aliphatic carboxylic acids is 1. The van der Waals surface area contributed by atoms with E-state index in [2.05, 4.69) is 5.32 Å². The third-order valence-electron chi connectivity index (χ3n) is 5.61. The zero-order valence-corrected chi connectivity index (χ0v) is 11.8. The second-order valence-electron chi connectivity index (χ2n) is 6.74. The van der Waals surface area contributed by atoms with E-state index in [9.17, 15) is 14.7 Å². The van der Waals surface area contributed by atoms with Gasteiger partial charge in [0.25, 0.3) is 0 Å². The van der Waals surface area contributed by atoms with E-state index in [-0.39, 0.29) is 23.8 Å². The summed E-state index contributed by atoms with van der Waals surface area (Å²) >= 11 is 0. The van der Waals surface area contributed by atoms with Crippen molar-refractivity contribution < 1.29 is 19.4 Å². The Balaban J connectivity index is 1.55. The van der Waals surface area contributed by atoms with E-state index in [0.717, 1.165) is 6.42 Å². The molecule has 3 fully saturated rings. The first-order valence-electron chi connectivity index (χ1n) is 7.67. The molecule has 5 heteroatoms. The highest BCUT2D eigenvalue weighted by Crippen LogP contribution is 2.62. The van der Waals surface area contributed by atoms with Gasteiger partial charge in [0.15, 0.2) is 0 Å². The minimum atomic E-state index is -0.828. The maximum atomic E-state index is 12.2. The van der Waals surface area contributed by atoms with Gasteiger partial charge in [-0.25, -0.2) is 0 Å². The number of amides is 1. The Labute approximate surface area is 119 Å². The Kier molecular flexibility index (Phi) is 3.48. The van der Waals surface area contributed by atoms with Gasteiger partial charge in [-0.05, 0) is 37.5 Å². The molecule has 2 aliphatic carbocycles. The van der Waals surface area contributed by atoms with E-state index in [1.165, 1.54) is 25.7 Å². The monoisotopic (exact) mass is 281 g/mol. The maximum Gasteiger partial charge on any atom is 0.311 e. The van der Waals surface area contributed by atoms with Crippen LogP contribution in [0.2, 0.25) is 0 Å². The van der Waals surface area contributed by atoms with Crippen molar-refractivity contribution >= 4 is 11.9 Å². The van der Waals surface area contributed by atoms with Gasteiger partial charge in [-0.15, -0.1) is 0 Å². The lowest BCUT2D eigenvalue weighted by Crippen LogP contribution is -2.47. The molecule has 1 atom stereocenters. The largest absolute Gasteiger partial charge is 0.481 e. The number of hydrogen-bond acceptors (Lipinski definition) is 3. The molecule has 3 rings (SSSR count). The minimum absolute atomic E-state index is 0.0685. The highest BCUT2D eigenvalue weighted by molar-refractivity contribution is 5.84. The smallest absolute Gasteiger partial charge is 0.311 e. The number of carboxylic acid groups (broad SMARTS) is 1. The zero-order valence-electron chi connectivity index (χ0n) is 11.8. The molecule has 0 aromatic carbocycles. The number of hydrogen-bond donors (Lipinski definition) is 2. The standard InChI is InChI=1S/C15H23NO4/c17-12(11-9-14(11)3-1-2-4-14)16-10-15(13(18)19)5-7-20-8-6-15/h11H,1-10H2,(H,16,17)(H,18,19). The lowest BCUT2D eigenvalue weighted by Gasteiger charge is -2.33. The summed E-state index contributed by atoms with van der Waals surface area (Å²) in [5.74, 6) is -0.609. The van der Waals surface area contributed by atoms with Crippen molar-refractivity contribution in [1.82, 2.24) is 5.32 Å². The summed E-state index contributed by atoms with van der Waals surface area (Å²) in [6.07, 6.45) is 6.78. The number of nitrogens with one attached hydrogen (secondary N) is 1. The molecule has 5 nitrogen and oxygen atoms in total. The molecular weight excluding hydrogens is 258 g/mol. The van der Waals surface area contributed by atoms with Gasteiger partial charge >= 0.3 is 5.97 Å². The molecule has 0 aromatic heterocycles. The fraction of sp³-hybridized carbons (Fsp3) is 0.867. The van der Waals surface area contributed by atoms with Crippen molar-refractivity contribution in [2.75, 3.05) is 19.8 Å². The van der Waals surface area contributed by atoms with E-state index < -0.39 is 11.4 Å². The third-order valence-corrected chi connectivity index (χ3v) is 5.61.